The SMILES string of the molecule is C=C(C)C(=O)OCCNC(=O)OCCc1ccc(O)cc1. The molecule has 0 aliphatic carbocycles. The van der Waals surface area contributed by atoms with Gasteiger partial charge in [0.25, 0.3) is 0 Å². The number of alkyl carbamates (subject to hydrolysis) is 1. The van der Waals surface area contributed by atoms with Gasteiger partial charge in [0.2, 0.25) is 0 Å². The Bertz CT molecular complexity index is 495. The summed E-state index contributed by atoms with van der Waals surface area (Å²) in [7, 11) is 0. The van der Waals surface area contributed by atoms with Crippen LogP contribution in [-0.4, -0.2) is 36.9 Å². The van der Waals surface area contributed by atoms with Gasteiger partial charge in [0.1, 0.15) is 12.4 Å². The van der Waals surface area contributed by atoms with Crippen LogP contribution in [0.5, 0.6) is 5.75 Å². The molecular formula is C15H19NO5. The second kappa shape index (κ2) is 8.63. The number of phenols is 1. The monoisotopic (exact) mass is 293 g/mol. The molecule has 0 aliphatic rings. The highest BCUT2D eigenvalue weighted by Crippen LogP contribution is 2.09. The van der Waals surface area contributed by atoms with Gasteiger partial charge in [-0.1, -0.05) is 18.7 Å². The lowest BCUT2D eigenvalue weighted by atomic mass is 10.1. The van der Waals surface area contributed by atoms with Crippen LogP contribution in [-0.2, 0) is 20.7 Å². The van der Waals surface area contributed by atoms with Crippen molar-refractivity contribution in [1.29, 1.82) is 0 Å². The molecule has 1 rings (SSSR count). The maximum atomic E-state index is 11.3. The number of esters is 1. The highest BCUT2D eigenvalue weighted by molar-refractivity contribution is 5.86. The van der Waals surface area contributed by atoms with Crippen molar-refractivity contribution in [2.45, 2.75) is 13.3 Å². The van der Waals surface area contributed by atoms with Gasteiger partial charge in [-0.15, -0.1) is 0 Å². The minimum Gasteiger partial charge on any atom is -0.508 e. The summed E-state index contributed by atoms with van der Waals surface area (Å²) in [5, 5.41) is 11.6. The van der Waals surface area contributed by atoms with Crippen LogP contribution in [0.15, 0.2) is 36.4 Å². The molecule has 0 unspecified atom stereocenters. The summed E-state index contributed by atoms with van der Waals surface area (Å²) in [6.45, 7) is 5.46. The molecule has 1 aromatic carbocycles. The van der Waals surface area contributed by atoms with Gasteiger partial charge in [-0.2, -0.15) is 0 Å². The number of ether oxygens (including phenoxy) is 2. The number of rotatable bonds is 7. The Balaban J connectivity index is 2.10. The van der Waals surface area contributed by atoms with Crippen molar-refractivity contribution < 1.29 is 24.2 Å². The molecule has 6 heteroatoms. The lowest BCUT2D eigenvalue weighted by Gasteiger charge is -2.08. The molecule has 0 bridgehead atoms. The molecule has 0 radical (unpaired) electrons. The molecule has 0 aliphatic heterocycles. The Morgan fingerprint density at radius 1 is 1.19 bits per heavy atom. The van der Waals surface area contributed by atoms with Gasteiger partial charge in [0.05, 0.1) is 13.2 Å². The van der Waals surface area contributed by atoms with E-state index >= 15 is 0 Å². The highest BCUT2D eigenvalue weighted by atomic mass is 16.6. The van der Waals surface area contributed by atoms with E-state index in [1.807, 2.05) is 0 Å². The zero-order chi connectivity index (χ0) is 15.7. The highest BCUT2D eigenvalue weighted by Gasteiger charge is 2.04. The molecule has 21 heavy (non-hydrogen) atoms. The number of phenolic OH excluding ortho intramolecular Hbond substituents is 1. The Hall–Kier alpha value is -2.50. The number of aromatic hydroxyl groups is 1. The molecule has 2 N–H and O–H groups in total. The van der Waals surface area contributed by atoms with Crippen LogP contribution in [0.25, 0.3) is 0 Å². The van der Waals surface area contributed by atoms with E-state index in [1.54, 1.807) is 31.2 Å². The molecule has 114 valence electrons. The summed E-state index contributed by atoms with van der Waals surface area (Å²) < 4.78 is 9.77. The third-order valence-electron chi connectivity index (χ3n) is 2.51. The summed E-state index contributed by atoms with van der Waals surface area (Å²) >= 11 is 0. The number of carbonyl (C=O) groups excluding carboxylic acids is 2. The zero-order valence-corrected chi connectivity index (χ0v) is 11.9. The Labute approximate surface area is 123 Å². The van der Waals surface area contributed by atoms with Crippen molar-refractivity contribution in [2.75, 3.05) is 19.8 Å². The van der Waals surface area contributed by atoms with Crippen molar-refractivity contribution in [3.63, 3.8) is 0 Å². The fourth-order valence-corrected chi connectivity index (χ4v) is 1.40. The van der Waals surface area contributed by atoms with Crippen molar-refractivity contribution >= 4 is 12.1 Å². The number of nitrogens with one attached hydrogen (secondary N) is 1. The molecule has 0 saturated heterocycles. The van der Waals surface area contributed by atoms with Gasteiger partial charge >= 0.3 is 12.1 Å². The van der Waals surface area contributed by atoms with E-state index in [4.69, 9.17) is 14.6 Å². The summed E-state index contributed by atoms with van der Waals surface area (Å²) in [5.74, 6) is -0.292. The summed E-state index contributed by atoms with van der Waals surface area (Å²) in [6, 6.07) is 6.66. The van der Waals surface area contributed by atoms with E-state index in [9.17, 15) is 9.59 Å². The first-order valence-corrected chi connectivity index (χ1v) is 6.50. The second-order valence-corrected chi connectivity index (χ2v) is 4.40. The van der Waals surface area contributed by atoms with E-state index in [0.29, 0.717) is 12.0 Å². The fourth-order valence-electron chi connectivity index (χ4n) is 1.40. The van der Waals surface area contributed by atoms with Crippen LogP contribution >= 0.6 is 0 Å². The first kappa shape index (κ1) is 16.6. The largest absolute Gasteiger partial charge is 0.508 e. The molecule has 0 fully saturated rings. The van der Waals surface area contributed by atoms with Gasteiger partial charge in [0, 0.05) is 12.0 Å². The van der Waals surface area contributed by atoms with Gasteiger partial charge in [0.15, 0.2) is 0 Å². The predicted octanol–water partition coefficient (Wildman–Crippen LogP) is 1.78. The lowest BCUT2D eigenvalue weighted by Crippen LogP contribution is -2.29. The first-order valence-electron chi connectivity index (χ1n) is 6.50. The van der Waals surface area contributed by atoms with Crippen LogP contribution in [0.2, 0.25) is 0 Å². The third kappa shape index (κ3) is 7.00. The van der Waals surface area contributed by atoms with Crippen LogP contribution in [0.4, 0.5) is 4.79 Å². The quantitative estimate of drug-likeness (QED) is 0.455. The molecule has 1 amide bonds. The Morgan fingerprint density at radius 2 is 1.86 bits per heavy atom. The van der Waals surface area contributed by atoms with Crippen molar-refractivity contribution in [1.82, 2.24) is 5.32 Å². The fraction of sp³-hybridized carbons (Fsp3) is 0.333. The minimum atomic E-state index is -0.569. The van der Waals surface area contributed by atoms with Crippen LogP contribution < -0.4 is 5.32 Å². The normalized spacial score (nSPS) is 9.76. The van der Waals surface area contributed by atoms with Gasteiger partial charge in [-0.25, -0.2) is 9.59 Å². The first-order chi connectivity index (χ1) is 9.99. The maximum Gasteiger partial charge on any atom is 0.407 e. The summed E-state index contributed by atoms with van der Waals surface area (Å²) in [4.78, 5) is 22.4. The topological polar surface area (TPSA) is 84.9 Å². The van der Waals surface area contributed by atoms with Crippen molar-refractivity contribution in [3.8, 4) is 5.75 Å². The molecule has 6 nitrogen and oxygen atoms in total. The van der Waals surface area contributed by atoms with E-state index in [-0.39, 0.29) is 25.5 Å². The molecule has 0 spiro atoms. The van der Waals surface area contributed by atoms with Gasteiger partial charge < -0.3 is 19.9 Å². The van der Waals surface area contributed by atoms with Crippen LogP contribution in [0, 0.1) is 0 Å². The maximum absolute atomic E-state index is 11.3. The number of hydrogen-bond donors (Lipinski definition) is 2. The smallest absolute Gasteiger partial charge is 0.407 e. The molecular weight excluding hydrogens is 274 g/mol. The molecule has 0 saturated carbocycles. The molecule has 0 aromatic heterocycles. The predicted molar refractivity (Wildman–Crippen MR) is 76.9 cm³/mol. The number of carbonyl (C=O) groups is 2. The average Bonchev–Trinajstić information content (AvgIpc) is 2.45. The standard InChI is InChI=1S/C15H19NO5/c1-11(2)14(18)20-10-8-16-15(19)21-9-7-12-3-5-13(17)6-4-12/h3-6,17H,1,7-10H2,2H3,(H,16,19). The average molecular weight is 293 g/mol. The number of amides is 1. The van der Waals surface area contributed by atoms with E-state index < -0.39 is 12.1 Å². The third-order valence-corrected chi connectivity index (χ3v) is 2.51. The number of hydrogen-bond acceptors (Lipinski definition) is 5. The Kier molecular flexibility index (Phi) is 6.80. The zero-order valence-electron chi connectivity index (χ0n) is 11.9. The summed E-state index contributed by atoms with van der Waals surface area (Å²) in [6.07, 6.45) is -0.0154. The Morgan fingerprint density at radius 3 is 2.48 bits per heavy atom. The lowest BCUT2D eigenvalue weighted by molar-refractivity contribution is -0.138. The van der Waals surface area contributed by atoms with E-state index in [0.717, 1.165) is 5.56 Å². The van der Waals surface area contributed by atoms with Crippen molar-refractivity contribution in [3.05, 3.63) is 42.0 Å². The minimum absolute atomic E-state index is 0.0682. The molecule has 1 aromatic rings. The van der Waals surface area contributed by atoms with E-state index in [1.165, 1.54) is 0 Å². The molecule has 0 atom stereocenters. The second-order valence-electron chi connectivity index (χ2n) is 4.40. The molecule has 0 heterocycles. The van der Waals surface area contributed by atoms with Crippen LogP contribution in [0.3, 0.4) is 0 Å². The number of benzene rings is 1. The van der Waals surface area contributed by atoms with Gasteiger partial charge in [-0.3, -0.25) is 0 Å². The van der Waals surface area contributed by atoms with Crippen LogP contribution in [0.1, 0.15) is 12.5 Å². The summed E-state index contributed by atoms with van der Waals surface area (Å²) in [5.41, 5.74) is 1.27. The van der Waals surface area contributed by atoms with E-state index in [2.05, 4.69) is 11.9 Å². The van der Waals surface area contributed by atoms with Gasteiger partial charge in [-0.05, 0) is 24.6 Å². The van der Waals surface area contributed by atoms with Crippen molar-refractivity contribution in [2.24, 2.45) is 0 Å².